The van der Waals surface area contributed by atoms with Crippen LogP contribution in [0.1, 0.15) is 43.4 Å². The van der Waals surface area contributed by atoms with Crippen molar-refractivity contribution in [2.45, 2.75) is 39.2 Å². The standard InChI is InChI=1S/C21H23N3O4/c1-3-16(4-2)23-10-9-15-11-19-20(28-13-27-19)12-18(15)21(22-23)14-5-7-17(8-6-14)24(25)26/h5-8,11-12,16H,3-4,9-10,13H2,1-2H3. The molecular formula is C21H23N3O4. The number of benzene rings is 2. The van der Waals surface area contributed by atoms with E-state index in [0.717, 1.165) is 54.0 Å². The van der Waals surface area contributed by atoms with E-state index in [1.807, 2.05) is 12.1 Å². The van der Waals surface area contributed by atoms with Crippen LogP contribution in [0.15, 0.2) is 41.5 Å². The van der Waals surface area contributed by atoms with Crippen molar-refractivity contribution in [3.8, 4) is 11.5 Å². The van der Waals surface area contributed by atoms with Gasteiger partial charge in [0.15, 0.2) is 11.5 Å². The van der Waals surface area contributed by atoms with E-state index < -0.39 is 0 Å². The SMILES string of the molecule is CCC(CC)N1CCc2cc3c(cc2C(c2ccc([N+](=O)[O-])cc2)=N1)OCO3. The molecule has 0 aromatic heterocycles. The minimum Gasteiger partial charge on any atom is -0.454 e. The molecule has 0 amide bonds. The van der Waals surface area contributed by atoms with Crippen molar-refractivity contribution in [3.05, 3.63) is 63.2 Å². The zero-order chi connectivity index (χ0) is 19.7. The van der Waals surface area contributed by atoms with Crippen LogP contribution in [0.5, 0.6) is 11.5 Å². The molecule has 0 radical (unpaired) electrons. The average molecular weight is 381 g/mol. The van der Waals surface area contributed by atoms with Crippen LogP contribution in [0.4, 0.5) is 5.69 Å². The number of ether oxygens (including phenoxy) is 2. The molecule has 0 N–H and O–H groups in total. The number of rotatable bonds is 5. The summed E-state index contributed by atoms with van der Waals surface area (Å²) in [6, 6.07) is 10.9. The predicted octanol–water partition coefficient (Wildman–Crippen LogP) is 4.12. The Bertz CT molecular complexity index is 920. The Morgan fingerprint density at radius 2 is 1.82 bits per heavy atom. The summed E-state index contributed by atoms with van der Waals surface area (Å²) < 4.78 is 11.1. The molecule has 2 aromatic carbocycles. The van der Waals surface area contributed by atoms with Gasteiger partial charge >= 0.3 is 0 Å². The number of nitro benzene ring substituents is 1. The molecule has 0 saturated heterocycles. The van der Waals surface area contributed by atoms with Gasteiger partial charge in [0.2, 0.25) is 6.79 Å². The minimum atomic E-state index is -0.388. The molecule has 146 valence electrons. The first-order chi connectivity index (χ1) is 13.6. The number of nitrogens with zero attached hydrogens (tertiary/aromatic N) is 3. The molecular weight excluding hydrogens is 358 g/mol. The van der Waals surface area contributed by atoms with Gasteiger partial charge in [-0.25, -0.2) is 0 Å². The molecule has 2 aliphatic heterocycles. The number of hydrogen-bond donors (Lipinski definition) is 0. The lowest BCUT2D eigenvalue weighted by Crippen LogP contribution is -2.31. The highest BCUT2D eigenvalue weighted by Gasteiger charge is 2.26. The highest BCUT2D eigenvalue weighted by Crippen LogP contribution is 2.37. The van der Waals surface area contributed by atoms with Crippen molar-refractivity contribution in [1.29, 1.82) is 0 Å². The summed E-state index contributed by atoms with van der Waals surface area (Å²) in [5.41, 5.74) is 3.87. The Morgan fingerprint density at radius 3 is 2.46 bits per heavy atom. The van der Waals surface area contributed by atoms with Crippen molar-refractivity contribution in [2.24, 2.45) is 5.10 Å². The van der Waals surface area contributed by atoms with Crippen molar-refractivity contribution in [3.63, 3.8) is 0 Å². The van der Waals surface area contributed by atoms with Crippen LogP contribution < -0.4 is 9.47 Å². The van der Waals surface area contributed by atoms with Crippen molar-refractivity contribution in [1.82, 2.24) is 5.01 Å². The summed E-state index contributed by atoms with van der Waals surface area (Å²) in [5.74, 6) is 1.47. The quantitative estimate of drug-likeness (QED) is 0.575. The molecule has 0 unspecified atom stereocenters. The number of nitro groups is 1. The third-order valence-electron chi connectivity index (χ3n) is 5.41. The van der Waals surface area contributed by atoms with E-state index in [2.05, 4.69) is 18.9 Å². The van der Waals surface area contributed by atoms with Crippen molar-refractivity contribution in [2.75, 3.05) is 13.3 Å². The van der Waals surface area contributed by atoms with E-state index >= 15 is 0 Å². The first-order valence-electron chi connectivity index (χ1n) is 9.63. The number of non-ortho nitro benzene ring substituents is 1. The molecule has 28 heavy (non-hydrogen) atoms. The zero-order valence-corrected chi connectivity index (χ0v) is 16.1. The summed E-state index contributed by atoms with van der Waals surface area (Å²) in [6.07, 6.45) is 2.86. The van der Waals surface area contributed by atoms with Gasteiger partial charge in [-0.05, 0) is 49.1 Å². The maximum absolute atomic E-state index is 11.0. The summed E-state index contributed by atoms with van der Waals surface area (Å²) in [6.45, 7) is 5.38. The van der Waals surface area contributed by atoms with Crippen molar-refractivity contribution < 1.29 is 14.4 Å². The van der Waals surface area contributed by atoms with E-state index in [9.17, 15) is 10.1 Å². The summed E-state index contributed by atoms with van der Waals surface area (Å²) in [4.78, 5) is 10.6. The lowest BCUT2D eigenvalue weighted by atomic mass is 9.95. The third-order valence-corrected chi connectivity index (χ3v) is 5.41. The Hall–Kier alpha value is -3.09. The minimum absolute atomic E-state index is 0.0701. The Morgan fingerprint density at radius 1 is 1.14 bits per heavy atom. The van der Waals surface area contributed by atoms with Crippen LogP contribution >= 0.6 is 0 Å². The van der Waals surface area contributed by atoms with Gasteiger partial charge in [0.05, 0.1) is 10.6 Å². The number of hydrazone groups is 1. The molecule has 0 aliphatic carbocycles. The molecule has 7 heteroatoms. The lowest BCUT2D eigenvalue weighted by molar-refractivity contribution is -0.384. The molecule has 0 saturated carbocycles. The zero-order valence-electron chi connectivity index (χ0n) is 16.1. The first-order valence-corrected chi connectivity index (χ1v) is 9.63. The van der Waals surface area contributed by atoms with Gasteiger partial charge in [0, 0.05) is 35.8 Å². The smallest absolute Gasteiger partial charge is 0.269 e. The lowest BCUT2D eigenvalue weighted by Gasteiger charge is -2.27. The Balaban J connectivity index is 1.83. The van der Waals surface area contributed by atoms with Gasteiger partial charge in [-0.15, -0.1) is 0 Å². The first kappa shape index (κ1) is 18.3. The van der Waals surface area contributed by atoms with Gasteiger partial charge in [0.1, 0.15) is 0 Å². The molecule has 2 heterocycles. The maximum Gasteiger partial charge on any atom is 0.269 e. The number of fused-ring (bicyclic) bond motifs is 2. The summed E-state index contributed by atoms with van der Waals surface area (Å²) in [5, 5.41) is 18.2. The fourth-order valence-corrected chi connectivity index (χ4v) is 3.81. The second-order valence-electron chi connectivity index (χ2n) is 7.00. The normalized spacial score (nSPS) is 15.2. The van der Waals surface area contributed by atoms with E-state index in [-0.39, 0.29) is 17.4 Å². The summed E-state index contributed by atoms with van der Waals surface area (Å²) >= 11 is 0. The Kier molecular flexibility index (Phi) is 4.90. The molecule has 0 spiro atoms. The number of hydrogen-bond acceptors (Lipinski definition) is 6. The van der Waals surface area contributed by atoms with Gasteiger partial charge in [-0.1, -0.05) is 13.8 Å². The molecule has 4 rings (SSSR count). The van der Waals surface area contributed by atoms with Crippen molar-refractivity contribution >= 4 is 11.4 Å². The second-order valence-corrected chi connectivity index (χ2v) is 7.00. The Labute approximate surface area is 163 Å². The highest BCUT2D eigenvalue weighted by atomic mass is 16.7. The topological polar surface area (TPSA) is 77.2 Å². The molecule has 0 fully saturated rings. The van der Waals surface area contributed by atoms with Crippen LogP contribution in [0, 0.1) is 10.1 Å². The predicted molar refractivity (Wildman–Crippen MR) is 106 cm³/mol. The molecule has 0 bridgehead atoms. The fraction of sp³-hybridized carbons (Fsp3) is 0.381. The third kappa shape index (κ3) is 3.28. The van der Waals surface area contributed by atoms with Gasteiger partial charge in [-0.3, -0.25) is 15.1 Å². The van der Waals surface area contributed by atoms with Crippen LogP contribution in [0.2, 0.25) is 0 Å². The van der Waals surface area contributed by atoms with Gasteiger partial charge < -0.3 is 9.47 Å². The molecule has 7 nitrogen and oxygen atoms in total. The molecule has 2 aliphatic rings. The van der Waals surface area contributed by atoms with Crippen LogP contribution in [0.25, 0.3) is 0 Å². The largest absolute Gasteiger partial charge is 0.454 e. The van der Waals surface area contributed by atoms with E-state index in [1.54, 1.807) is 12.1 Å². The summed E-state index contributed by atoms with van der Waals surface area (Å²) in [7, 11) is 0. The molecule has 0 atom stereocenters. The maximum atomic E-state index is 11.0. The van der Waals surface area contributed by atoms with Gasteiger partial charge in [-0.2, -0.15) is 5.10 Å². The van der Waals surface area contributed by atoms with Crippen LogP contribution in [0.3, 0.4) is 0 Å². The second kappa shape index (κ2) is 7.50. The average Bonchev–Trinajstić information content (AvgIpc) is 3.09. The van der Waals surface area contributed by atoms with Gasteiger partial charge in [0.25, 0.3) is 5.69 Å². The fourth-order valence-electron chi connectivity index (χ4n) is 3.81. The van der Waals surface area contributed by atoms with E-state index in [4.69, 9.17) is 14.6 Å². The molecule has 2 aromatic rings. The van der Waals surface area contributed by atoms with E-state index in [0.29, 0.717) is 11.8 Å². The highest BCUT2D eigenvalue weighted by molar-refractivity contribution is 6.14. The van der Waals surface area contributed by atoms with Crippen LogP contribution in [-0.2, 0) is 6.42 Å². The van der Waals surface area contributed by atoms with E-state index in [1.165, 1.54) is 12.1 Å². The monoisotopic (exact) mass is 381 g/mol. The van der Waals surface area contributed by atoms with Crippen LogP contribution in [-0.4, -0.2) is 35.0 Å².